The van der Waals surface area contributed by atoms with E-state index in [4.69, 9.17) is 0 Å². The summed E-state index contributed by atoms with van der Waals surface area (Å²) in [7, 11) is 0.486. The van der Waals surface area contributed by atoms with E-state index in [0.717, 1.165) is 9.60 Å². The number of aromatic nitrogens is 1. The first-order valence-electron chi connectivity index (χ1n) is 8.98. The van der Waals surface area contributed by atoms with Gasteiger partial charge in [0.2, 0.25) is 5.91 Å². The van der Waals surface area contributed by atoms with E-state index < -0.39 is 9.84 Å². The lowest BCUT2D eigenvalue weighted by molar-refractivity contribution is -0.116. The molecule has 0 aliphatic rings. The van der Waals surface area contributed by atoms with Gasteiger partial charge in [-0.15, -0.1) is 11.8 Å². The summed E-state index contributed by atoms with van der Waals surface area (Å²) < 4.78 is 25.0. The predicted molar refractivity (Wildman–Crippen MR) is 121 cm³/mol. The van der Waals surface area contributed by atoms with Gasteiger partial charge >= 0.3 is 0 Å². The van der Waals surface area contributed by atoms with Gasteiger partial charge in [0.1, 0.15) is 5.52 Å². The van der Waals surface area contributed by atoms with Crippen molar-refractivity contribution in [2.45, 2.75) is 9.79 Å². The number of thioether (sulfide) groups is 1. The quantitative estimate of drug-likeness (QED) is 0.491. The van der Waals surface area contributed by atoms with Gasteiger partial charge in [0.05, 0.1) is 15.3 Å². The number of sulfone groups is 1. The van der Waals surface area contributed by atoms with Crippen LogP contribution in [0.1, 0.15) is 0 Å². The molecule has 0 N–H and O–H groups in total. The van der Waals surface area contributed by atoms with Crippen LogP contribution in [0.2, 0.25) is 0 Å². The molecule has 1 heterocycles. The number of thiazole rings is 1. The van der Waals surface area contributed by atoms with Gasteiger partial charge in [-0.2, -0.15) is 0 Å². The number of hydrogen-bond acceptors (Lipinski definition) is 7. The van der Waals surface area contributed by atoms with E-state index in [1.807, 2.05) is 55.4 Å². The van der Waals surface area contributed by atoms with Crippen molar-refractivity contribution >= 4 is 54.2 Å². The molecule has 2 aromatic carbocycles. The molecular weight excluding hydrogens is 426 g/mol. The zero-order chi connectivity index (χ0) is 21.0. The average Bonchev–Trinajstić information content (AvgIpc) is 3.10. The largest absolute Gasteiger partial charge is 0.308 e. The first-order chi connectivity index (χ1) is 13.8. The maximum absolute atomic E-state index is 13.0. The van der Waals surface area contributed by atoms with E-state index in [-0.39, 0.29) is 16.6 Å². The van der Waals surface area contributed by atoms with Crippen LogP contribution < -0.4 is 4.90 Å². The lowest BCUT2D eigenvalue weighted by atomic mass is 10.3. The van der Waals surface area contributed by atoms with Crippen molar-refractivity contribution in [2.24, 2.45) is 0 Å². The van der Waals surface area contributed by atoms with Crippen molar-refractivity contribution in [1.82, 2.24) is 9.88 Å². The molecule has 3 aromatic rings. The minimum absolute atomic E-state index is 0.0549. The van der Waals surface area contributed by atoms with Gasteiger partial charge in [-0.25, -0.2) is 13.4 Å². The monoisotopic (exact) mass is 449 g/mol. The highest BCUT2D eigenvalue weighted by atomic mass is 32.2. The Morgan fingerprint density at radius 1 is 1.07 bits per heavy atom. The summed E-state index contributed by atoms with van der Waals surface area (Å²) >= 11 is 2.82. The van der Waals surface area contributed by atoms with Crippen LogP contribution in [0.4, 0.5) is 5.13 Å². The van der Waals surface area contributed by atoms with E-state index in [1.54, 1.807) is 17.0 Å². The summed E-state index contributed by atoms with van der Waals surface area (Å²) in [6.45, 7) is 1.16. The highest BCUT2D eigenvalue weighted by molar-refractivity contribution is 8.00. The van der Waals surface area contributed by atoms with Crippen LogP contribution >= 0.6 is 23.1 Å². The highest BCUT2D eigenvalue weighted by Crippen LogP contribution is 2.33. The lowest BCUT2D eigenvalue weighted by Gasteiger charge is -2.21. The van der Waals surface area contributed by atoms with Crippen LogP contribution in [0.3, 0.4) is 0 Å². The van der Waals surface area contributed by atoms with Crippen molar-refractivity contribution in [2.75, 3.05) is 44.1 Å². The Morgan fingerprint density at radius 3 is 2.45 bits per heavy atom. The maximum Gasteiger partial charge on any atom is 0.239 e. The number of rotatable bonds is 8. The molecule has 0 radical (unpaired) electrons. The van der Waals surface area contributed by atoms with E-state index in [9.17, 15) is 13.2 Å². The van der Waals surface area contributed by atoms with Gasteiger partial charge in [0.15, 0.2) is 15.0 Å². The molecule has 6 nitrogen and oxygen atoms in total. The van der Waals surface area contributed by atoms with Gasteiger partial charge in [0, 0.05) is 24.2 Å². The summed E-state index contributed by atoms with van der Waals surface area (Å²) in [5, 5.41) is 0.525. The summed E-state index contributed by atoms with van der Waals surface area (Å²) in [4.78, 5) is 22.4. The minimum Gasteiger partial charge on any atom is -0.308 e. The van der Waals surface area contributed by atoms with Crippen LogP contribution in [0.15, 0.2) is 58.3 Å². The summed E-state index contributed by atoms with van der Waals surface area (Å²) in [6, 6.07) is 14.9. The first kappa shape index (κ1) is 21.8. The standard InChI is InChI=1S/C20H23N3O3S3/c1-22(2)12-13-23(18(24)14-27-15-8-5-4-6-9-15)20-21-19-16(28-20)10-7-11-17(19)29(3,25)26/h4-11H,12-14H2,1-3H3. The van der Waals surface area contributed by atoms with E-state index >= 15 is 0 Å². The third kappa shape index (κ3) is 5.57. The smallest absolute Gasteiger partial charge is 0.239 e. The molecule has 9 heteroatoms. The molecule has 1 aromatic heterocycles. The molecule has 154 valence electrons. The number of carbonyl (C=O) groups is 1. The van der Waals surface area contributed by atoms with Gasteiger partial charge in [-0.05, 0) is 38.4 Å². The fourth-order valence-electron chi connectivity index (χ4n) is 2.69. The predicted octanol–water partition coefficient (Wildman–Crippen LogP) is 3.39. The number of fused-ring (bicyclic) bond motifs is 1. The van der Waals surface area contributed by atoms with Crippen molar-refractivity contribution in [3.63, 3.8) is 0 Å². The molecule has 0 unspecified atom stereocenters. The second-order valence-electron chi connectivity index (χ2n) is 6.82. The molecule has 0 aliphatic carbocycles. The molecule has 3 rings (SSSR count). The van der Waals surface area contributed by atoms with Gasteiger partial charge in [-0.3, -0.25) is 9.69 Å². The summed E-state index contributed by atoms with van der Waals surface area (Å²) in [5.41, 5.74) is 0.424. The Hall–Kier alpha value is -1.94. The zero-order valence-electron chi connectivity index (χ0n) is 16.5. The highest BCUT2D eigenvalue weighted by Gasteiger charge is 2.22. The Bertz CT molecular complexity index is 1100. The molecule has 0 atom stereocenters. The normalized spacial score (nSPS) is 11.9. The van der Waals surface area contributed by atoms with Crippen LogP contribution in [0.5, 0.6) is 0 Å². The fraction of sp³-hybridized carbons (Fsp3) is 0.300. The summed E-state index contributed by atoms with van der Waals surface area (Å²) in [6.07, 6.45) is 1.17. The van der Waals surface area contributed by atoms with Crippen LogP contribution in [0.25, 0.3) is 10.2 Å². The molecule has 0 spiro atoms. The number of para-hydroxylation sites is 1. The number of amides is 1. The molecule has 0 saturated carbocycles. The molecule has 0 saturated heterocycles. The number of nitrogens with zero attached hydrogens (tertiary/aromatic N) is 3. The van der Waals surface area contributed by atoms with Crippen molar-refractivity contribution < 1.29 is 13.2 Å². The first-order valence-corrected chi connectivity index (χ1v) is 12.7. The number of anilines is 1. The Balaban J connectivity index is 1.90. The zero-order valence-corrected chi connectivity index (χ0v) is 19.0. The molecule has 29 heavy (non-hydrogen) atoms. The fourth-order valence-corrected chi connectivity index (χ4v) is 5.42. The van der Waals surface area contributed by atoms with Gasteiger partial charge in [-0.1, -0.05) is 35.6 Å². The minimum atomic E-state index is -3.41. The second-order valence-corrected chi connectivity index (χ2v) is 10.9. The Labute approximate surface area is 179 Å². The SMILES string of the molecule is CN(C)CCN(C(=O)CSc1ccccc1)c1nc2c(S(C)(=O)=O)cccc2s1. The van der Waals surface area contributed by atoms with Crippen molar-refractivity contribution in [1.29, 1.82) is 0 Å². The van der Waals surface area contributed by atoms with E-state index in [0.29, 0.717) is 23.7 Å². The molecule has 0 aliphatic heterocycles. The second kappa shape index (κ2) is 9.25. The maximum atomic E-state index is 13.0. The number of carbonyl (C=O) groups excluding carboxylic acids is 1. The average molecular weight is 450 g/mol. The van der Waals surface area contributed by atoms with E-state index in [1.165, 1.54) is 29.4 Å². The van der Waals surface area contributed by atoms with Crippen LogP contribution in [0, 0.1) is 0 Å². The van der Waals surface area contributed by atoms with Crippen LogP contribution in [-0.2, 0) is 14.6 Å². The van der Waals surface area contributed by atoms with Crippen molar-refractivity contribution in [3.8, 4) is 0 Å². The molecule has 0 fully saturated rings. The van der Waals surface area contributed by atoms with Gasteiger partial charge in [0.25, 0.3) is 0 Å². The third-order valence-electron chi connectivity index (χ3n) is 4.18. The molecule has 1 amide bonds. The Kier molecular flexibility index (Phi) is 6.94. The summed E-state index contributed by atoms with van der Waals surface area (Å²) in [5.74, 6) is 0.229. The third-order valence-corrected chi connectivity index (χ3v) is 7.35. The number of likely N-dealkylation sites (N-methyl/N-ethyl adjacent to an activating group) is 1. The molecular formula is C20H23N3O3S3. The number of benzene rings is 2. The van der Waals surface area contributed by atoms with E-state index in [2.05, 4.69) is 4.98 Å². The molecule has 0 bridgehead atoms. The van der Waals surface area contributed by atoms with Crippen molar-refractivity contribution in [3.05, 3.63) is 48.5 Å². The number of hydrogen-bond donors (Lipinski definition) is 0. The lowest BCUT2D eigenvalue weighted by Crippen LogP contribution is -2.37. The topological polar surface area (TPSA) is 70.6 Å². The van der Waals surface area contributed by atoms with Crippen LogP contribution in [-0.4, -0.2) is 63.4 Å². The Morgan fingerprint density at radius 2 is 1.79 bits per heavy atom. The van der Waals surface area contributed by atoms with Gasteiger partial charge < -0.3 is 4.90 Å².